The lowest BCUT2D eigenvalue weighted by molar-refractivity contribution is 0.0597. The number of carbonyl (C=O) groups is 1. The van der Waals surface area contributed by atoms with Crippen LogP contribution in [0.15, 0.2) is 93.9 Å². The van der Waals surface area contributed by atoms with E-state index in [9.17, 15) is 4.79 Å². The maximum absolute atomic E-state index is 12.3. The van der Waals surface area contributed by atoms with Gasteiger partial charge >= 0.3 is 5.97 Å². The Kier molecular flexibility index (Phi) is 7.44. The Labute approximate surface area is 203 Å². The highest BCUT2D eigenvalue weighted by molar-refractivity contribution is 7.99. The molecule has 6 nitrogen and oxygen atoms in total. The molecule has 0 N–H and O–H groups in total. The second-order valence-corrected chi connectivity index (χ2v) is 8.67. The van der Waals surface area contributed by atoms with E-state index >= 15 is 0 Å². The molecule has 0 aliphatic carbocycles. The fourth-order valence-corrected chi connectivity index (χ4v) is 4.44. The van der Waals surface area contributed by atoms with Gasteiger partial charge in [0.25, 0.3) is 0 Å². The highest BCUT2D eigenvalue weighted by atomic mass is 32.2. The first-order valence-corrected chi connectivity index (χ1v) is 11.6. The van der Waals surface area contributed by atoms with Gasteiger partial charge in [0.2, 0.25) is 0 Å². The summed E-state index contributed by atoms with van der Waals surface area (Å²) in [4.78, 5) is 18.7. The Balaban J connectivity index is 1.67. The normalized spacial score (nSPS) is 11.0. The molecule has 7 heteroatoms. The van der Waals surface area contributed by atoms with Crippen molar-refractivity contribution >= 4 is 23.9 Å². The molecular formula is C27H25N3O3S. The lowest BCUT2D eigenvalue weighted by Gasteiger charge is -2.08. The lowest BCUT2D eigenvalue weighted by atomic mass is 10.1. The molecule has 0 amide bonds. The van der Waals surface area contributed by atoms with Crippen LogP contribution in [0.25, 0.3) is 11.3 Å². The number of rotatable bonds is 8. The summed E-state index contributed by atoms with van der Waals surface area (Å²) in [5, 5.41) is 9.83. The SMILES string of the molecule is COC(=O)c1ccccc1Sc1c(/C=N\OCc2ccc(C)cc2)c(-c2ccccc2)nn1C. The number of carbonyl (C=O) groups excluding carboxylic acids is 1. The van der Waals surface area contributed by atoms with Crippen molar-refractivity contribution in [3.8, 4) is 11.3 Å². The van der Waals surface area contributed by atoms with Gasteiger partial charge in [0.15, 0.2) is 0 Å². The van der Waals surface area contributed by atoms with E-state index in [0.717, 1.165) is 32.3 Å². The Morgan fingerprint density at radius 2 is 1.74 bits per heavy atom. The molecule has 0 fully saturated rings. The summed E-state index contributed by atoms with van der Waals surface area (Å²) in [6.07, 6.45) is 1.69. The maximum Gasteiger partial charge on any atom is 0.339 e. The fraction of sp³-hybridized carbons (Fsp3) is 0.148. The van der Waals surface area contributed by atoms with Gasteiger partial charge in [-0.25, -0.2) is 4.79 Å². The second-order valence-electron chi connectivity index (χ2n) is 7.64. The summed E-state index contributed by atoms with van der Waals surface area (Å²) in [5.41, 5.74) is 5.29. The number of hydrogen-bond acceptors (Lipinski definition) is 6. The number of hydrogen-bond donors (Lipinski definition) is 0. The van der Waals surface area contributed by atoms with Gasteiger partial charge in [0.1, 0.15) is 17.3 Å². The molecule has 1 heterocycles. The van der Waals surface area contributed by atoms with Crippen LogP contribution in [-0.4, -0.2) is 29.1 Å². The summed E-state index contributed by atoms with van der Waals surface area (Å²) in [6.45, 7) is 2.42. The topological polar surface area (TPSA) is 65.7 Å². The third-order valence-electron chi connectivity index (χ3n) is 5.18. The maximum atomic E-state index is 12.3. The van der Waals surface area contributed by atoms with Crippen LogP contribution in [0.5, 0.6) is 0 Å². The molecule has 0 saturated carbocycles. The molecule has 34 heavy (non-hydrogen) atoms. The van der Waals surface area contributed by atoms with Crippen molar-refractivity contribution in [3.05, 3.63) is 101 Å². The van der Waals surface area contributed by atoms with Crippen LogP contribution < -0.4 is 0 Å². The first-order valence-electron chi connectivity index (χ1n) is 10.8. The zero-order valence-corrected chi connectivity index (χ0v) is 20.1. The zero-order chi connectivity index (χ0) is 23.9. The van der Waals surface area contributed by atoms with Gasteiger partial charge in [-0.1, -0.05) is 89.2 Å². The smallest absolute Gasteiger partial charge is 0.339 e. The van der Waals surface area contributed by atoms with E-state index in [1.807, 2.05) is 86.8 Å². The first kappa shape index (κ1) is 23.3. The van der Waals surface area contributed by atoms with Gasteiger partial charge < -0.3 is 9.57 Å². The van der Waals surface area contributed by atoms with Crippen LogP contribution in [0.2, 0.25) is 0 Å². The van der Waals surface area contributed by atoms with Gasteiger partial charge in [0, 0.05) is 17.5 Å². The number of nitrogens with zero attached hydrogens (tertiary/aromatic N) is 3. The average molecular weight is 472 g/mol. The van der Waals surface area contributed by atoms with Crippen LogP contribution in [0.1, 0.15) is 27.0 Å². The molecule has 0 aliphatic heterocycles. The van der Waals surface area contributed by atoms with Crippen molar-refractivity contribution in [1.82, 2.24) is 9.78 Å². The Bertz CT molecular complexity index is 1300. The van der Waals surface area contributed by atoms with Crippen LogP contribution in [0.4, 0.5) is 0 Å². The van der Waals surface area contributed by atoms with Crippen molar-refractivity contribution in [2.75, 3.05) is 7.11 Å². The molecule has 0 atom stereocenters. The van der Waals surface area contributed by atoms with Gasteiger partial charge in [-0.2, -0.15) is 5.10 Å². The minimum Gasteiger partial charge on any atom is -0.465 e. The highest BCUT2D eigenvalue weighted by Gasteiger charge is 2.20. The fourth-order valence-electron chi connectivity index (χ4n) is 3.40. The summed E-state index contributed by atoms with van der Waals surface area (Å²) >= 11 is 1.44. The predicted octanol–water partition coefficient (Wildman–Crippen LogP) is 5.88. The molecule has 4 rings (SSSR count). The van der Waals surface area contributed by atoms with Crippen LogP contribution >= 0.6 is 11.8 Å². The van der Waals surface area contributed by atoms with E-state index in [2.05, 4.69) is 5.16 Å². The first-order chi connectivity index (χ1) is 16.6. The van der Waals surface area contributed by atoms with Crippen LogP contribution in [-0.2, 0) is 23.2 Å². The molecule has 0 bridgehead atoms. The van der Waals surface area contributed by atoms with Crippen molar-refractivity contribution in [3.63, 3.8) is 0 Å². The van der Waals surface area contributed by atoms with E-state index in [-0.39, 0.29) is 5.97 Å². The number of esters is 1. The third-order valence-corrected chi connectivity index (χ3v) is 6.44. The van der Waals surface area contributed by atoms with Crippen molar-refractivity contribution in [1.29, 1.82) is 0 Å². The third kappa shape index (κ3) is 5.38. The molecule has 3 aromatic carbocycles. The predicted molar refractivity (Wildman–Crippen MR) is 134 cm³/mol. The highest BCUT2D eigenvalue weighted by Crippen LogP contribution is 2.36. The van der Waals surface area contributed by atoms with Crippen LogP contribution in [0, 0.1) is 6.92 Å². The van der Waals surface area contributed by atoms with Gasteiger partial charge in [0.05, 0.1) is 24.5 Å². The summed E-state index contributed by atoms with van der Waals surface area (Å²) in [7, 11) is 3.25. The van der Waals surface area contributed by atoms with E-state index in [4.69, 9.17) is 14.7 Å². The second kappa shape index (κ2) is 10.9. The summed E-state index contributed by atoms with van der Waals surface area (Å²) < 4.78 is 6.75. The minimum absolute atomic E-state index is 0.366. The Morgan fingerprint density at radius 3 is 2.47 bits per heavy atom. The number of ether oxygens (including phenoxy) is 1. The molecule has 0 aliphatic rings. The molecule has 172 valence electrons. The number of oxime groups is 1. The van der Waals surface area contributed by atoms with Crippen molar-refractivity contribution in [2.24, 2.45) is 12.2 Å². The monoisotopic (exact) mass is 471 g/mol. The van der Waals surface area contributed by atoms with Gasteiger partial charge in [-0.05, 0) is 24.6 Å². The Morgan fingerprint density at radius 1 is 1.03 bits per heavy atom. The lowest BCUT2D eigenvalue weighted by Crippen LogP contribution is -2.03. The van der Waals surface area contributed by atoms with Gasteiger partial charge in [-0.3, -0.25) is 4.68 Å². The van der Waals surface area contributed by atoms with E-state index in [1.165, 1.54) is 24.4 Å². The molecule has 0 radical (unpaired) electrons. The number of aromatic nitrogens is 2. The van der Waals surface area contributed by atoms with Crippen LogP contribution in [0.3, 0.4) is 0 Å². The van der Waals surface area contributed by atoms with E-state index in [1.54, 1.807) is 17.0 Å². The number of benzene rings is 3. The minimum atomic E-state index is -0.384. The summed E-state index contributed by atoms with van der Waals surface area (Å²) in [6, 6.07) is 25.4. The largest absolute Gasteiger partial charge is 0.465 e. The molecule has 0 spiro atoms. The van der Waals surface area contributed by atoms with Crippen molar-refractivity contribution < 1.29 is 14.4 Å². The molecule has 1 aromatic heterocycles. The van der Waals surface area contributed by atoms with Crippen molar-refractivity contribution in [2.45, 2.75) is 23.5 Å². The van der Waals surface area contributed by atoms with E-state index in [0.29, 0.717) is 12.2 Å². The zero-order valence-electron chi connectivity index (χ0n) is 19.3. The number of aryl methyl sites for hydroxylation is 2. The molecular weight excluding hydrogens is 446 g/mol. The Hall–Kier alpha value is -3.84. The van der Waals surface area contributed by atoms with E-state index < -0.39 is 0 Å². The quantitative estimate of drug-likeness (QED) is 0.182. The van der Waals surface area contributed by atoms with Gasteiger partial charge in [-0.15, -0.1) is 0 Å². The average Bonchev–Trinajstić information content (AvgIpc) is 3.18. The standard InChI is InChI=1S/C27H25N3O3S/c1-19-13-15-20(16-14-19)18-33-28-17-23-25(21-9-5-4-6-10-21)29-30(2)26(23)34-24-12-8-7-11-22(24)27(31)32-3/h4-17H,18H2,1-3H3/b28-17-. The molecule has 4 aromatic rings. The number of methoxy groups -OCH3 is 1. The molecule has 0 saturated heterocycles. The molecule has 0 unspecified atom stereocenters. The summed E-state index contributed by atoms with van der Waals surface area (Å²) in [5.74, 6) is -0.384.